The summed E-state index contributed by atoms with van der Waals surface area (Å²) >= 11 is 0. The van der Waals surface area contributed by atoms with Gasteiger partial charge >= 0.3 is 0 Å². The normalized spacial score (nSPS) is 14.6. The maximum absolute atomic E-state index is 2.66. The van der Waals surface area contributed by atoms with Crippen molar-refractivity contribution in [1.82, 2.24) is 0 Å². The Labute approximate surface area is 148 Å². The van der Waals surface area contributed by atoms with Crippen LogP contribution in [0.2, 0.25) is 19.6 Å². The highest BCUT2D eigenvalue weighted by Crippen LogP contribution is 2.23. The van der Waals surface area contributed by atoms with E-state index in [1.807, 2.05) is 0 Å². The zero-order valence-electron chi connectivity index (χ0n) is 17.1. The number of hydrogen-bond acceptors (Lipinski definition) is 0. The van der Waals surface area contributed by atoms with Gasteiger partial charge in [-0.2, -0.15) is 0 Å². The number of hydrogen-bond donors (Lipinski definition) is 0. The lowest BCUT2D eigenvalue weighted by molar-refractivity contribution is 0.632. The summed E-state index contributed by atoms with van der Waals surface area (Å²) in [5.74, 6) is 0.638. The average Bonchev–Trinajstić information content (AvgIpc) is 2.48. The minimum atomic E-state index is -1.12. The van der Waals surface area contributed by atoms with Crippen LogP contribution in [0.1, 0.15) is 91.4 Å². The molecule has 136 valence electrons. The Morgan fingerprint density at radius 3 is 1.96 bits per heavy atom. The van der Waals surface area contributed by atoms with Gasteiger partial charge in [0.2, 0.25) is 0 Å². The Kier molecular flexibility index (Phi) is 13.9. The second-order valence-electron chi connectivity index (χ2n) is 8.32. The van der Waals surface area contributed by atoms with E-state index in [0.717, 1.165) is 0 Å². The van der Waals surface area contributed by atoms with Gasteiger partial charge in [-0.15, -0.1) is 0 Å². The molecule has 0 heterocycles. The average molecular weight is 337 g/mol. The summed E-state index contributed by atoms with van der Waals surface area (Å²) in [5.41, 5.74) is 4.37. The minimum Gasteiger partial charge on any atom is -0.0952 e. The van der Waals surface area contributed by atoms with Crippen LogP contribution < -0.4 is 0 Å². The Morgan fingerprint density at radius 1 is 0.826 bits per heavy atom. The van der Waals surface area contributed by atoms with Crippen molar-refractivity contribution in [3.63, 3.8) is 0 Å². The topological polar surface area (TPSA) is 0 Å². The first-order valence-electron chi connectivity index (χ1n) is 10.3. The Morgan fingerprint density at radius 2 is 1.39 bits per heavy atom. The molecule has 0 aliphatic rings. The molecule has 0 aromatic heterocycles. The van der Waals surface area contributed by atoms with E-state index >= 15 is 0 Å². The smallest absolute Gasteiger partial charge is 0.0686 e. The van der Waals surface area contributed by atoms with Crippen molar-refractivity contribution in [2.75, 3.05) is 0 Å². The molecule has 0 radical (unpaired) electrons. The fourth-order valence-electron chi connectivity index (χ4n) is 3.03. The van der Waals surface area contributed by atoms with E-state index in [2.05, 4.69) is 58.3 Å². The maximum Gasteiger partial charge on any atom is 0.0686 e. The highest BCUT2D eigenvalue weighted by molar-refractivity contribution is 6.81. The van der Waals surface area contributed by atoms with Crippen LogP contribution >= 0.6 is 0 Å². The molecule has 0 nitrogen and oxygen atoms in total. The fourth-order valence-corrected chi connectivity index (χ4v) is 4.55. The van der Waals surface area contributed by atoms with Crippen molar-refractivity contribution in [2.24, 2.45) is 5.92 Å². The van der Waals surface area contributed by atoms with Gasteiger partial charge in [-0.3, -0.25) is 0 Å². The van der Waals surface area contributed by atoms with Crippen molar-refractivity contribution in [2.45, 2.75) is 111 Å². The third-order valence-electron chi connectivity index (χ3n) is 4.42. The van der Waals surface area contributed by atoms with Crippen molar-refractivity contribution in [3.05, 3.63) is 23.4 Å². The molecule has 0 aromatic carbocycles. The van der Waals surface area contributed by atoms with Gasteiger partial charge in [0.15, 0.2) is 0 Å². The molecule has 0 saturated carbocycles. The first-order chi connectivity index (χ1) is 10.9. The molecule has 0 aromatic rings. The number of rotatable bonds is 14. The first-order valence-corrected chi connectivity index (χ1v) is 13.9. The lowest BCUT2D eigenvalue weighted by Gasteiger charge is -2.18. The first kappa shape index (κ1) is 22.7. The minimum absolute atomic E-state index is 0.638. The maximum atomic E-state index is 2.66. The molecule has 0 spiro atoms. The molecule has 0 aliphatic heterocycles. The Bertz CT molecular complexity index is 319. The Hall–Kier alpha value is -0.303. The lowest BCUT2D eigenvalue weighted by Crippen LogP contribution is -2.18. The molecular weight excluding hydrogens is 292 g/mol. The Balaban J connectivity index is 4.32. The summed E-state index contributed by atoms with van der Waals surface area (Å²) in [6.07, 6.45) is 19.9. The lowest BCUT2D eigenvalue weighted by atomic mass is 9.96. The summed E-state index contributed by atoms with van der Waals surface area (Å²) in [4.78, 5) is 0. The van der Waals surface area contributed by atoms with Crippen LogP contribution in [0.4, 0.5) is 0 Å². The van der Waals surface area contributed by atoms with Gasteiger partial charge in [0.25, 0.3) is 0 Å². The van der Waals surface area contributed by atoms with Crippen LogP contribution in [0.25, 0.3) is 0 Å². The molecule has 0 saturated heterocycles. The number of allylic oxidation sites excluding steroid dienone is 3. The molecular formula is C22H44Si. The second-order valence-corrected chi connectivity index (χ2v) is 13.3. The second kappa shape index (κ2) is 14.1. The van der Waals surface area contributed by atoms with Gasteiger partial charge in [0, 0.05) is 0 Å². The van der Waals surface area contributed by atoms with E-state index in [0.29, 0.717) is 5.92 Å². The zero-order valence-corrected chi connectivity index (χ0v) is 18.1. The SMILES string of the molecule is CCCCCCCC=CC(C)/C(=C/[Si](C)(C)C)CCCCCC. The van der Waals surface area contributed by atoms with Crippen LogP contribution in [0.5, 0.6) is 0 Å². The molecule has 1 unspecified atom stereocenters. The van der Waals surface area contributed by atoms with E-state index in [1.54, 1.807) is 5.57 Å². The summed E-state index contributed by atoms with van der Waals surface area (Å²) in [5, 5.41) is 0. The third-order valence-corrected chi connectivity index (χ3v) is 5.66. The number of unbranched alkanes of at least 4 members (excludes halogenated alkanes) is 8. The van der Waals surface area contributed by atoms with Gasteiger partial charge in [-0.05, 0) is 31.6 Å². The largest absolute Gasteiger partial charge is 0.0952 e. The van der Waals surface area contributed by atoms with Crippen LogP contribution in [-0.4, -0.2) is 8.07 Å². The van der Waals surface area contributed by atoms with E-state index in [4.69, 9.17) is 0 Å². The quantitative estimate of drug-likeness (QED) is 0.170. The molecule has 0 rings (SSSR count). The van der Waals surface area contributed by atoms with Crippen molar-refractivity contribution < 1.29 is 0 Å². The van der Waals surface area contributed by atoms with Gasteiger partial charge in [-0.25, -0.2) is 0 Å². The van der Waals surface area contributed by atoms with Crippen molar-refractivity contribution in [3.8, 4) is 0 Å². The summed E-state index contributed by atoms with van der Waals surface area (Å²) in [7, 11) is -1.12. The molecule has 0 N–H and O–H groups in total. The molecule has 0 aliphatic carbocycles. The van der Waals surface area contributed by atoms with Gasteiger partial charge in [0.05, 0.1) is 8.07 Å². The molecule has 1 atom stereocenters. The highest BCUT2D eigenvalue weighted by atomic mass is 28.3. The van der Waals surface area contributed by atoms with E-state index in [9.17, 15) is 0 Å². The van der Waals surface area contributed by atoms with E-state index in [1.165, 1.54) is 70.6 Å². The molecule has 0 fully saturated rings. The molecule has 0 amide bonds. The van der Waals surface area contributed by atoms with Crippen LogP contribution in [0.3, 0.4) is 0 Å². The van der Waals surface area contributed by atoms with Crippen LogP contribution in [-0.2, 0) is 0 Å². The van der Waals surface area contributed by atoms with Crippen molar-refractivity contribution in [1.29, 1.82) is 0 Å². The van der Waals surface area contributed by atoms with Gasteiger partial charge in [-0.1, -0.05) is 109 Å². The van der Waals surface area contributed by atoms with E-state index in [-0.39, 0.29) is 0 Å². The van der Waals surface area contributed by atoms with Crippen LogP contribution in [0.15, 0.2) is 23.4 Å². The van der Waals surface area contributed by atoms with E-state index < -0.39 is 8.07 Å². The highest BCUT2D eigenvalue weighted by Gasteiger charge is 2.13. The predicted octanol–water partition coefficient (Wildman–Crippen LogP) is 8.31. The van der Waals surface area contributed by atoms with Crippen molar-refractivity contribution >= 4 is 8.07 Å². The third kappa shape index (κ3) is 15.0. The molecule has 0 bridgehead atoms. The summed E-state index contributed by atoms with van der Waals surface area (Å²) < 4.78 is 0. The van der Waals surface area contributed by atoms with Gasteiger partial charge < -0.3 is 0 Å². The zero-order chi connectivity index (χ0) is 17.6. The summed E-state index contributed by atoms with van der Waals surface area (Å²) in [6.45, 7) is 14.4. The van der Waals surface area contributed by atoms with Crippen LogP contribution in [0, 0.1) is 5.92 Å². The monoisotopic (exact) mass is 336 g/mol. The summed E-state index contributed by atoms with van der Waals surface area (Å²) in [6, 6.07) is 0. The fraction of sp³-hybridized carbons (Fsp3) is 0.818. The predicted molar refractivity (Wildman–Crippen MR) is 112 cm³/mol. The molecule has 23 heavy (non-hydrogen) atoms. The van der Waals surface area contributed by atoms with Gasteiger partial charge in [0.1, 0.15) is 0 Å². The standard InChI is InChI=1S/C22H44Si/c1-7-9-11-13-14-15-16-18-21(3)22(20-23(4,5)6)19-17-12-10-8-2/h16,18,20-21H,7-15,17,19H2,1-6H3/b18-16?,22-20+. The molecule has 1 heteroatoms.